The van der Waals surface area contributed by atoms with Gasteiger partial charge in [0.25, 0.3) is 0 Å². The van der Waals surface area contributed by atoms with E-state index in [1.54, 1.807) is 30.5 Å². The molecule has 4 aliphatic carbocycles. The van der Waals surface area contributed by atoms with Crippen LogP contribution in [0.3, 0.4) is 0 Å². The summed E-state index contributed by atoms with van der Waals surface area (Å²) >= 11 is -2.24. The second-order valence-electron chi connectivity index (χ2n) is 39.0. The van der Waals surface area contributed by atoms with E-state index in [2.05, 4.69) is 193 Å². The van der Waals surface area contributed by atoms with Gasteiger partial charge >= 0.3 is 369 Å². The predicted molar refractivity (Wildman–Crippen MR) is 607 cm³/mol. The summed E-state index contributed by atoms with van der Waals surface area (Å²) < 4.78 is 5.47. The number of carbonyl (C=O) groups excluding carboxylic acids is 8. The van der Waals surface area contributed by atoms with Gasteiger partial charge in [-0.2, -0.15) is 0 Å². The van der Waals surface area contributed by atoms with E-state index in [9.17, 15) is 38.4 Å². The van der Waals surface area contributed by atoms with Crippen molar-refractivity contribution in [3.63, 3.8) is 0 Å². The zero-order chi connectivity index (χ0) is 101. The van der Waals surface area contributed by atoms with Crippen LogP contribution >= 0.6 is 0 Å². The van der Waals surface area contributed by atoms with E-state index < -0.39 is 21.3 Å². The molecule has 0 saturated carbocycles. The van der Waals surface area contributed by atoms with E-state index in [1.807, 2.05) is 286 Å². The van der Waals surface area contributed by atoms with Gasteiger partial charge in [0, 0.05) is 58.8 Å². The summed E-state index contributed by atoms with van der Waals surface area (Å²) in [5, 5.41) is 10.3. The number of carbonyl (C=O) groups is 8. The topological polar surface area (TPSA) is 191 Å². The molecule has 0 saturated heterocycles. The molecule has 0 unspecified atom stereocenters. The molecule has 3 aromatic heterocycles. The minimum absolute atomic E-state index is 0.198. The molecular formula is C130H88GeN8O8SeSi. The number of rotatable bonds is 8. The second-order valence-corrected chi connectivity index (χ2v) is 54.7. The van der Waals surface area contributed by atoms with Crippen molar-refractivity contribution in [1.29, 1.82) is 0 Å². The average Bonchev–Trinajstić information content (AvgIpc) is 1.70. The summed E-state index contributed by atoms with van der Waals surface area (Å²) in [6.45, 7) is 4.74. The number of aromatic nitrogens is 3. The van der Waals surface area contributed by atoms with Crippen LogP contribution in [0, 0.1) is 0 Å². The summed E-state index contributed by atoms with van der Waals surface area (Å²) in [5.74, 6) is 5.99. The third-order valence-corrected chi connectivity index (χ3v) is 42.8. The van der Waals surface area contributed by atoms with Crippen LogP contribution in [-0.2, 0) is 0 Å². The zero-order valence-electron chi connectivity index (χ0n) is 81.4. The van der Waals surface area contributed by atoms with Crippen molar-refractivity contribution in [1.82, 2.24) is 15.0 Å². The summed E-state index contributed by atoms with van der Waals surface area (Å²) in [5.41, 5.74) is 19.9. The number of nitrogens with zero attached hydrogens (tertiary/aromatic N) is 8. The predicted octanol–water partition coefficient (Wildman–Crippen LogP) is 25.6. The van der Waals surface area contributed by atoms with Crippen molar-refractivity contribution in [2.24, 2.45) is 0 Å². The number of allylic oxidation sites excluding steroid dienone is 4. The molecular weight excluding hydrogens is 1980 g/mol. The number of para-hydroxylation sites is 6. The average molecular weight is 2070 g/mol. The van der Waals surface area contributed by atoms with E-state index >= 15 is 0 Å². The Balaban J connectivity index is 0.000000103. The first kappa shape index (κ1) is 92.0. The fraction of sp³-hybridized carbons (Fsp3) is 0.0385. The zero-order valence-corrected chi connectivity index (χ0v) is 86.2. The number of fused-ring (bicyclic) bond motifs is 16. The Hall–Kier alpha value is -18.2. The number of ketones is 8. The molecule has 0 amide bonds. The van der Waals surface area contributed by atoms with Gasteiger partial charge in [-0.05, 0) is 162 Å². The third-order valence-electron chi connectivity index (χ3n) is 29.5. The van der Waals surface area contributed by atoms with Gasteiger partial charge in [-0.1, -0.05) is 171 Å². The molecule has 7 heterocycles. The number of pyridine rings is 3. The Morgan fingerprint density at radius 3 is 0.886 bits per heavy atom. The van der Waals surface area contributed by atoms with Crippen molar-refractivity contribution in [2.75, 3.05) is 31.5 Å². The van der Waals surface area contributed by atoms with E-state index in [4.69, 9.17) is 4.98 Å². The number of hydrogen-bond donors (Lipinski definition) is 0. The summed E-state index contributed by atoms with van der Waals surface area (Å²) in [7, 11) is 0.149. The normalized spacial score (nSPS) is 14.7. The molecule has 0 atom stereocenters. The van der Waals surface area contributed by atoms with E-state index in [1.165, 1.54) is 39.5 Å². The van der Waals surface area contributed by atoms with Gasteiger partial charge in [0.1, 0.15) is 13.9 Å². The molecule has 149 heavy (non-hydrogen) atoms. The van der Waals surface area contributed by atoms with Crippen molar-refractivity contribution in [2.45, 2.75) is 24.6 Å². The van der Waals surface area contributed by atoms with Crippen molar-refractivity contribution >= 4 is 258 Å². The summed E-state index contributed by atoms with van der Waals surface area (Å²) in [4.78, 5) is 131. The maximum absolute atomic E-state index is 13.2. The first-order valence-corrected chi connectivity index (χ1v) is 60.3. The van der Waals surface area contributed by atoms with Crippen LogP contribution in [0.2, 0.25) is 24.6 Å². The van der Waals surface area contributed by atoms with Gasteiger partial charge in [-0.3, -0.25) is 29.0 Å². The van der Waals surface area contributed by atoms with Crippen molar-refractivity contribution < 1.29 is 38.4 Å². The Kier molecular flexibility index (Phi) is 22.7. The van der Waals surface area contributed by atoms with Gasteiger partial charge < -0.3 is 4.90 Å². The first-order valence-electron chi connectivity index (χ1n) is 49.3. The van der Waals surface area contributed by atoms with Gasteiger partial charge in [0.2, 0.25) is 0 Å². The molecule has 0 spiro atoms. The minimum atomic E-state index is -2.43. The molecule has 28 rings (SSSR count). The maximum atomic E-state index is 13.2. The monoisotopic (exact) mass is 2070 g/mol. The van der Waals surface area contributed by atoms with Crippen LogP contribution in [0.4, 0.5) is 80.0 Å². The van der Waals surface area contributed by atoms with Gasteiger partial charge in [0.05, 0.1) is 28.2 Å². The molecule has 0 fully saturated rings. The summed E-state index contributed by atoms with van der Waals surface area (Å²) in [6.07, 6.45) is 12.3. The molecule has 17 aromatic carbocycles. The van der Waals surface area contributed by atoms with Gasteiger partial charge in [-0.15, -0.1) is 0 Å². The van der Waals surface area contributed by atoms with Crippen molar-refractivity contribution in [3.8, 4) is 0 Å². The molecule has 16 nitrogen and oxygen atoms in total. The molecule has 19 heteroatoms. The van der Waals surface area contributed by atoms with E-state index in [0.29, 0.717) is 44.5 Å². The molecule has 0 N–H and O–H groups in total. The SMILES string of the molecule is CN1c2ccccc2N(c2ccc(C=C3C(=O)c4cc5ccccc5cc4C3=O)cc2)c2ncccc21.C[Si]1(C)c2ccccc2N(c2ccc(C=C3C(=O)c4cc5ccccc5cc4C3=O)cc2)c2ncccc21.O=C1C(=Cc2ccc(N3c4ccccc4[Se]c4cccnc43)cc2)C(=O)c2cc3ccccc3cc21.[CH3][Ge]1([CH3])[c]2ccccc2N(c2ccc(C=C3C(=O)c4cc5ccccc5cc4C3=O)cc2)c2cccc[c]21. The number of hydrogen-bond acceptors (Lipinski definition) is 16. The molecule has 0 radical (unpaired) electrons. The molecule has 710 valence electrons. The van der Waals surface area contributed by atoms with Crippen LogP contribution in [-0.4, -0.2) is 105 Å². The van der Waals surface area contributed by atoms with Crippen LogP contribution in [0.15, 0.2) is 441 Å². The third kappa shape index (κ3) is 15.9. The van der Waals surface area contributed by atoms with E-state index in [0.717, 1.165) is 134 Å². The van der Waals surface area contributed by atoms with Crippen LogP contribution in [0.5, 0.6) is 0 Å². The number of Topliss-reactive ketones (excluding diaryl/α,β-unsaturated/α-hetero) is 8. The Labute approximate surface area is 868 Å². The van der Waals surface area contributed by atoms with E-state index in [-0.39, 0.29) is 83.5 Å². The van der Waals surface area contributed by atoms with Crippen LogP contribution < -0.4 is 52.6 Å². The van der Waals surface area contributed by atoms with Crippen LogP contribution in [0.1, 0.15) is 105 Å². The second kappa shape index (κ2) is 36.8. The van der Waals surface area contributed by atoms with Gasteiger partial charge in [-0.25, -0.2) is 9.97 Å². The fourth-order valence-electron chi connectivity index (χ4n) is 22.0. The Morgan fingerprint density at radius 1 is 0.242 bits per heavy atom. The quantitative estimate of drug-likeness (QED) is 0.0792. The Morgan fingerprint density at radius 2 is 0.503 bits per heavy atom. The number of benzene rings is 17. The standard InChI is InChI=1S/C34H25GeNO2.C33H24N2O2Si.C32H21N3O2.C31H18N2O2Se/c1-35(2)29-11-5-7-13-31(29)36(32-14-8-6-12-30(32)35)25-17-15-22(16-18-25)19-28-33(37)26-20-23-9-3-4-10-24(23)21-27(26)34(28)38;1-38(2)29-11-6-5-10-28(29)35(33-30(38)12-7-17-34-33)24-15-13-21(14-16-24)18-27-31(36)25-19-22-8-3-4-9-23(22)20-26(25)32(27)37;1-34-27-9-4-5-10-28(27)35(32-29(34)11-6-16-33-32)23-14-12-20(13-15-23)17-26-30(36)24-18-21-7-2-3-8-22(21)19-25(24)31(26)37;34-29-23-17-20-6-1-2-7-21(20)18-24(23)30(35)25(29)16-19-11-13-22(14-12-19)33-26-8-3-4-9-27(26)36-28-10-5-15-32-31(28)33/h3-21H,1-2H3;3-20H,1-2H3;2-19H,1H3;1-18H. The summed E-state index contributed by atoms with van der Waals surface area (Å²) in [6, 6.07) is 133. The molecule has 20 aromatic rings. The molecule has 0 bridgehead atoms. The molecule has 4 aliphatic heterocycles. The Bertz CT molecular complexity index is 8670. The fourth-order valence-corrected chi connectivity index (χ4v) is 33.3. The first-order chi connectivity index (χ1) is 72.6. The number of anilines is 14. The van der Waals surface area contributed by atoms with Crippen molar-refractivity contribution in [3.05, 3.63) is 508 Å². The molecule has 8 aliphatic rings. The van der Waals surface area contributed by atoms with Gasteiger partial charge in [0.15, 0.2) is 29.0 Å². The van der Waals surface area contributed by atoms with Crippen LogP contribution in [0.25, 0.3) is 67.4 Å².